The molecule has 11 nitrogen and oxygen atoms in total. The van der Waals surface area contributed by atoms with Crippen LogP contribution in [0.5, 0.6) is 5.75 Å². The number of anilines is 2. The predicted octanol–water partition coefficient (Wildman–Crippen LogP) is 2.99. The monoisotopic (exact) mass is 524 g/mol. The Bertz CT molecular complexity index is 1380. The van der Waals surface area contributed by atoms with Crippen molar-refractivity contribution in [2.45, 2.75) is 49.3 Å². The summed E-state index contributed by atoms with van der Waals surface area (Å²) in [5.41, 5.74) is 1.36. The topological polar surface area (TPSA) is 136 Å². The number of aromatic nitrogens is 3. The number of nitrogens with zero attached hydrogens (tertiary/aromatic N) is 3. The molecule has 3 N–H and O–H groups in total. The molecule has 3 aromatic rings. The molecule has 1 aliphatic carbocycles. The second-order valence-electron chi connectivity index (χ2n) is 8.95. The summed E-state index contributed by atoms with van der Waals surface area (Å²) in [7, 11) is 1.57. The van der Waals surface area contributed by atoms with Gasteiger partial charge in [0.2, 0.25) is 5.91 Å². The van der Waals surface area contributed by atoms with E-state index in [-0.39, 0.29) is 23.6 Å². The van der Waals surface area contributed by atoms with E-state index in [0.717, 1.165) is 35.2 Å². The summed E-state index contributed by atoms with van der Waals surface area (Å²) in [5.74, 6) is 1.60. The highest BCUT2D eigenvalue weighted by atomic mass is 32.2. The van der Waals surface area contributed by atoms with Crippen LogP contribution in [0.3, 0.4) is 0 Å². The van der Waals surface area contributed by atoms with E-state index in [1.165, 1.54) is 17.8 Å². The maximum Gasteiger partial charge on any atom is 0.413 e. The summed E-state index contributed by atoms with van der Waals surface area (Å²) in [4.78, 5) is 46.1. The first-order valence-electron chi connectivity index (χ1n) is 12.2. The van der Waals surface area contributed by atoms with Gasteiger partial charge in [0.1, 0.15) is 23.5 Å². The quantitative estimate of drug-likeness (QED) is 0.426. The minimum Gasteiger partial charge on any atom is -0.495 e. The minimum absolute atomic E-state index is 0.0974. The maximum atomic E-state index is 12.5. The minimum atomic E-state index is -0.573. The number of rotatable bonds is 7. The number of carbonyl (C=O) groups excluding carboxylic acids is 2. The zero-order valence-corrected chi connectivity index (χ0v) is 21.2. The zero-order valence-electron chi connectivity index (χ0n) is 20.4. The molecular weight excluding hydrogens is 496 g/mol. The largest absolute Gasteiger partial charge is 0.495 e. The third-order valence-electron chi connectivity index (χ3n) is 6.42. The molecule has 0 bridgehead atoms. The van der Waals surface area contributed by atoms with Crippen LogP contribution in [0.4, 0.5) is 16.4 Å². The van der Waals surface area contributed by atoms with E-state index < -0.39 is 6.09 Å². The number of pyridine rings is 3. The molecule has 0 aromatic carbocycles. The lowest BCUT2D eigenvalue weighted by atomic mass is 9.93. The number of hydrogen-bond acceptors (Lipinski definition) is 9. The second-order valence-corrected chi connectivity index (χ2v) is 9.97. The number of nitrogens with one attached hydrogen (secondary N) is 3. The van der Waals surface area contributed by atoms with Crippen LogP contribution in [0.1, 0.15) is 25.7 Å². The first kappa shape index (κ1) is 25.0. The van der Waals surface area contributed by atoms with Crippen molar-refractivity contribution < 1.29 is 19.1 Å². The van der Waals surface area contributed by atoms with Crippen LogP contribution in [0.2, 0.25) is 0 Å². The van der Waals surface area contributed by atoms with Crippen LogP contribution < -0.4 is 26.2 Å². The standard InChI is InChI=1S/C25H28N6O5S/c1-35-17-12-19-18(27-13-17)5-8-23(33)31(19)10-9-26-15-3-2-4-16(11-15)36-25(34)29-21-7-6-20-24(28-21)30-22(32)14-37-20/h5-8,12-13,15-16,26H,2-4,9-11,14H2,1H3,(H2,28,29,30,32,34). The Hall–Kier alpha value is -3.64. The number of fused-ring (bicyclic) bond motifs is 2. The Morgan fingerprint density at radius 3 is 3.00 bits per heavy atom. The van der Waals surface area contributed by atoms with Crippen LogP contribution in [0.15, 0.2) is 46.2 Å². The molecule has 12 heteroatoms. The first-order valence-corrected chi connectivity index (χ1v) is 13.2. The summed E-state index contributed by atoms with van der Waals surface area (Å²) in [6.45, 7) is 1.06. The van der Waals surface area contributed by atoms with Gasteiger partial charge in [-0.15, -0.1) is 11.8 Å². The molecule has 2 amide bonds. The average Bonchev–Trinajstić information content (AvgIpc) is 2.89. The molecule has 4 heterocycles. The van der Waals surface area contributed by atoms with E-state index in [9.17, 15) is 14.4 Å². The van der Waals surface area contributed by atoms with Gasteiger partial charge in [0.05, 0.1) is 35.0 Å². The van der Waals surface area contributed by atoms with Gasteiger partial charge in [-0.3, -0.25) is 19.9 Å². The summed E-state index contributed by atoms with van der Waals surface area (Å²) < 4.78 is 12.6. The zero-order chi connectivity index (χ0) is 25.8. The number of ether oxygens (including phenoxy) is 2. The van der Waals surface area contributed by atoms with Gasteiger partial charge in [0, 0.05) is 31.3 Å². The van der Waals surface area contributed by atoms with Crippen LogP contribution in [-0.2, 0) is 16.1 Å². The number of hydrogen-bond donors (Lipinski definition) is 3. The second kappa shape index (κ2) is 11.2. The highest BCUT2D eigenvalue weighted by Gasteiger charge is 2.25. The van der Waals surface area contributed by atoms with Crippen molar-refractivity contribution in [1.82, 2.24) is 19.9 Å². The van der Waals surface area contributed by atoms with E-state index in [1.807, 2.05) is 12.1 Å². The lowest BCUT2D eigenvalue weighted by molar-refractivity contribution is -0.113. The fourth-order valence-corrected chi connectivity index (χ4v) is 5.38. The normalized spacial score (nSPS) is 19.1. The van der Waals surface area contributed by atoms with Gasteiger partial charge in [-0.05, 0) is 43.9 Å². The molecule has 0 radical (unpaired) electrons. The molecule has 3 aromatic heterocycles. The summed E-state index contributed by atoms with van der Waals surface area (Å²) in [6.07, 6.45) is 4.18. The fourth-order valence-electron chi connectivity index (χ4n) is 4.63. The molecule has 5 rings (SSSR count). The van der Waals surface area contributed by atoms with Gasteiger partial charge in [0.25, 0.3) is 5.56 Å². The highest BCUT2D eigenvalue weighted by Crippen LogP contribution is 2.31. The van der Waals surface area contributed by atoms with Gasteiger partial charge < -0.3 is 24.7 Å². The van der Waals surface area contributed by atoms with Gasteiger partial charge in [-0.1, -0.05) is 0 Å². The van der Waals surface area contributed by atoms with Crippen molar-refractivity contribution in [3.05, 3.63) is 46.9 Å². The predicted molar refractivity (Wildman–Crippen MR) is 140 cm³/mol. The molecule has 0 saturated heterocycles. The lowest BCUT2D eigenvalue weighted by Gasteiger charge is -2.29. The molecule has 2 aliphatic rings. The van der Waals surface area contributed by atoms with Crippen LogP contribution in [0.25, 0.3) is 11.0 Å². The Morgan fingerprint density at radius 2 is 2.14 bits per heavy atom. The molecule has 37 heavy (non-hydrogen) atoms. The van der Waals surface area contributed by atoms with Gasteiger partial charge >= 0.3 is 6.09 Å². The SMILES string of the molecule is COc1cnc2ccc(=O)n(CCNC3CCCC(OC(=O)Nc4ccc5c(n4)NC(=O)CS5)C3)c2c1. The Labute approximate surface area is 217 Å². The van der Waals surface area contributed by atoms with Crippen molar-refractivity contribution in [1.29, 1.82) is 0 Å². The summed E-state index contributed by atoms with van der Waals surface area (Å²) in [5, 5.41) is 8.87. The van der Waals surface area contributed by atoms with Crippen LogP contribution in [0, 0.1) is 0 Å². The Kier molecular flexibility index (Phi) is 7.56. The maximum absolute atomic E-state index is 12.5. The fraction of sp³-hybridized carbons (Fsp3) is 0.400. The van der Waals surface area contributed by atoms with E-state index >= 15 is 0 Å². The molecule has 0 spiro atoms. The smallest absolute Gasteiger partial charge is 0.413 e. The van der Waals surface area contributed by atoms with E-state index in [1.54, 1.807) is 30.0 Å². The van der Waals surface area contributed by atoms with Gasteiger partial charge in [0.15, 0.2) is 0 Å². The van der Waals surface area contributed by atoms with Crippen molar-refractivity contribution >= 4 is 46.4 Å². The summed E-state index contributed by atoms with van der Waals surface area (Å²) >= 11 is 1.41. The van der Waals surface area contributed by atoms with Gasteiger partial charge in [-0.2, -0.15) is 0 Å². The number of thioether (sulfide) groups is 1. The molecule has 2 unspecified atom stereocenters. The van der Waals surface area contributed by atoms with Crippen LogP contribution >= 0.6 is 11.8 Å². The average molecular weight is 525 g/mol. The van der Waals surface area contributed by atoms with Crippen molar-refractivity contribution in [2.75, 3.05) is 30.0 Å². The van der Waals surface area contributed by atoms with Crippen LogP contribution in [-0.4, -0.2) is 58.1 Å². The first-order chi connectivity index (χ1) is 18.0. The van der Waals surface area contributed by atoms with Crippen molar-refractivity contribution in [3.8, 4) is 5.75 Å². The molecule has 194 valence electrons. The van der Waals surface area contributed by atoms with E-state index in [2.05, 4.69) is 25.9 Å². The van der Waals surface area contributed by atoms with Crippen molar-refractivity contribution in [2.24, 2.45) is 0 Å². The summed E-state index contributed by atoms with van der Waals surface area (Å²) in [6, 6.07) is 8.72. The third-order valence-corrected chi connectivity index (χ3v) is 7.47. The molecule has 1 saturated carbocycles. The highest BCUT2D eigenvalue weighted by molar-refractivity contribution is 8.00. The Balaban J connectivity index is 1.14. The molecule has 1 aliphatic heterocycles. The van der Waals surface area contributed by atoms with E-state index in [0.29, 0.717) is 42.6 Å². The van der Waals surface area contributed by atoms with Gasteiger partial charge in [-0.25, -0.2) is 9.78 Å². The molecule has 2 atom stereocenters. The number of amides is 2. The number of methoxy groups -OCH3 is 1. The molecule has 1 fully saturated rings. The number of carbonyl (C=O) groups is 2. The Morgan fingerprint density at radius 1 is 1.24 bits per heavy atom. The molecular formula is C25H28N6O5S. The van der Waals surface area contributed by atoms with Crippen molar-refractivity contribution in [3.63, 3.8) is 0 Å². The third kappa shape index (κ3) is 6.03. The lowest BCUT2D eigenvalue weighted by Crippen LogP contribution is -2.40. The van der Waals surface area contributed by atoms with E-state index in [4.69, 9.17) is 9.47 Å².